The maximum absolute atomic E-state index is 12.5. The Balaban J connectivity index is 1.71. The summed E-state index contributed by atoms with van der Waals surface area (Å²) in [5.74, 6) is -0.446. The molecule has 1 aliphatic rings. The van der Waals surface area contributed by atoms with Gasteiger partial charge in [-0.3, -0.25) is 10.1 Å². The van der Waals surface area contributed by atoms with Crippen molar-refractivity contribution in [3.8, 4) is 0 Å². The Morgan fingerprint density at radius 1 is 1.36 bits per heavy atom. The molecule has 2 amide bonds. The summed E-state index contributed by atoms with van der Waals surface area (Å²) in [4.78, 5) is 40.0. The summed E-state index contributed by atoms with van der Waals surface area (Å²) in [6.07, 6.45) is 3.47. The third-order valence-electron chi connectivity index (χ3n) is 3.72. The summed E-state index contributed by atoms with van der Waals surface area (Å²) in [7, 11) is 0. The van der Waals surface area contributed by atoms with Crippen LogP contribution in [-0.4, -0.2) is 50.3 Å². The number of anilines is 1. The molecule has 0 radical (unpaired) electrons. The van der Waals surface area contributed by atoms with Gasteiger partial charge in [-0.2, -0.15) is 0 Å². The number of halogens is 1. The van der Waals surface area contributed by atoms with Gasteiger partial charge in [-0.15, -0.1) is 0 Å². The Hall–Kier alpha value is -1.91. The number of nitrogens with zero attached hydrogens (tertiary/aromatic N) is 4. The van der Waals surface area contributed by atoms with Crippen LogP contribution in [0.5, 0.6) is 0 Å². The second kappa shape index (κ2) is 8.22. The van der Waals surface area contributed by atoms with Crippen LogP contribution in [0.2, 0.25) is 5.02 Å². The predicted molar refractivity (Wildman–Crippen MR) is 109 cm³/mol. The molecule has 8 nitrogen and oxygen atoms in total. The molecular weight excluding hydrogens is 422 g/mol. The van der Waals surface area contributed by atoms with Gasteiger partial charge >= 0.3 is 6.09 Å². The van der Waals surface area contributed by atoms with Crippen molar-refractivity contribution in [1.82, 2.24) is 19.9 Å². The largest absolute Gasteiger partial charge is 0.444 e. The van der Waals surface area contributed by atoms with Crippen molar-refractivity contribution in [2.45, 2.75) is 44.5 Å². The second-order valence-corrected chi connectivity index (χ2v) is 9.31. The zero-order chi connectivity index (χ0) is 20.5. The number of carbonyl (C=O) groups is 2. The standard InChI is InChI=1S/C17H20ClN5O3S2/c1-17(2,3)26-16(25)23-6-5-10-11(8-23)28-15(20-10)22-13(24)12-9(18)7-19-14(21-12)27-4/h7H,5-6,8H2,1-4H3,(H,20,22,24). The molecular formula is C17H20ClN5O3S2. The van der Waals surface area contributed by atoms with Crippen molar-refractivity contribution < 1.29 is 14.3 Å². The average molecular weight is 442 g/mol. The van der Waals surface area contributed by atoms with Gasteiger partial charge < -0.3 is 9.64 Å². The monoisotopic (exact) mass is 441 g/mol. The zero-order valence-electron chi connectivity index (χ0n) is 15.9. The molecule has 1 N–H and O–H groups in total. The van der Waals surface area contributed by atoms with Crippen molar-refractivity contribution in [2.75, 3.05) is 18.1 Å². The number of amides is 2. The Morgan fingerprint density at radius 3 is 2.79 bits per heavy atom. The van der Waals surface area contributed by atoms with Crippen LogP contribution in [0.1, 0.15) is 41.8 Å². The van der Waals surface area contributed by atoms with Crippen LogP contribution in [0.25, 0.3) is 0 Å². The third-order valence-corrected chi connectivity index (χ3v) is 5.56. The van der Waals surface area contributed by atoms with Crippen LogP contribution in [0, 0.1) is 0 Å². The lowest BCUT2D eigenvalue weighted by atomic mass is 10.2. The Kier molecular flexibility index (Phi) is 6.11. The van der Waals surface area contributed by atoms with E-state index < -0.39 is 11.5 Å². The van der Waals surface area contributed by atoms with Gasteiger partial charge in [0.05, 0.1) is 23.5 Å². The van der Waals surface area contributed by atoms with Gasteiger partial charge in [0.15, 0.2) is 16.0 Å². The molecule has 150 valence electrons. The number of rotatable bonds is 3. The number of thiazole rings is 1. The normalized spacial score (nSPS) is 13.8. The fourth-order valence-electron chi connectivity index (χ4n) is 2.50. The lowest BCUT2D eigenvalue weighted by molar-refractivity contribution is 0.0225. The third kappa shape index (κ3) is 4.92. The van der Waals surface area contributed by atoms with E-state index in [1.54, 1.807) is 4.90 Å². The molecule has 0 saturated heterocycles. The van der Waals surface area contributed by atoms with Crippen molar-refractivity contribution in [2.24, 2.45) is 0 Å². The molecule has 3 rings (SSSR count). The van der Waals surface area contributed by atoms with Crippen LogP contribution in [-0.2, 0) is 17.7 Å². The number of fused-ring (bicyclic) bond motifs is 1. The van der Waals surface area contributed by atoms with Crippen molar-refractivity contribution in [1.29, 1.82) is 0 Å². The highest BCUT2D eigenvalue weighted by Crippen LogP contribution is 2.29. The number of hydrogen-bond acceptors (Lipinski definition) is 8. The predicted octanol–water partition coefficient (Wildman–Crippen LogP) is 3.85. The fraction of sp³-hybridized carbons (Fsp3) is 0.471. The first-order valence-corrected chi connectivity index (χ1v) is 10.9. The number of thioether (sulfide) groups is 1. The van der Waals surface area contributed by atoms with Crippen molar-refractivity contribution >= 4 is 51.8 Å². The summed E-state index contributed by atoms with van der Waals surface area (Å²) in [6, 6.07) is 0. The lowest BCUT2D eigenvalue weighted by Crippen LogP contribution is -2.39. The Morgan fingerprint density at radius 2 is 2.11 bits per heavy atom. The number of ether oxygens (including phenoxy) is 1. The van der Waals surface area contributed by atoms with E-state index in [-0.39, 0.29) is 16.8 Å². The van der Waals surface area contributed by atoms with Gasteiger partial charge in [-0.1, -0.05) is 34.7 Å². The minimum Gasteiger partial charge on any atom is -0.444 e. The molecule has 2 aromatic rings. The number of nitrogens with one attached hydrogen (secondary N) is 1. The molecule has 0 aliphatic carbocycles. The molecule has 2 aromatic heterocycles. The second-order valence-electron chi connectivity index (χ2n) is 7.05. The van der Waals surface area contributed by atoms with E-state index in [4.69, 9.17) is 16.3 Å². The molecule has 0 spiro atoms. The topological polar surface area (TPSA) is 97.3 Å². The molecule has 0 bridgehead atoms. The summed E-state index contributed by atoms with van der Waals surface area (Å²) in [5, 5.41) is 3.82. The summed E-state index contributed by atoms with van der Waals surface area (Å²) >= 11 is 8.70. The van der Waals surface area contributed by atoms with Crippen LogP contribution in [0.4, 0.5) is 9.93 Å². The van der Waals surface area contributed by atoms with Crippen LogP contribution >= 0.6 is 34.7 Å². The van der Waals surface area contributed by atoms with E-state index in [0.29, 0.717) is 29.8 Å². The van der Waals surface area contributed by atoms with Crippen LogP contribution in [0.3, 0.4) is 0 Å². The number of hydrogen-bond donors (Lipinski definition) is 1. The minimum absolute atomic E-state index is 0.101. The SMILES string of the molecule is CSc1ncc(Cl)c(C(=O)Nc2nc3c(s2)CN(C(=O)OC(C)(C)C)CC3)n1. The summed E-state index contributed by atoms with van der Waals surface area (Å²) < 4.78 is 5.43. The average Bonchev–Trinajstić information content (AvgIpc) is 3.01. The first-order chi connectivity index (χ1) is 13.2. The van der Waals surface area contributed by atoms with E-state index >= 15 is 0 Å². The van der Waals surface area contributed by atoms with Gasteiger partial charge in [0.2, 0.25) is 0 Å². The minimum atomic E-state index is -0.545. The quantitative estimate of drug-likeness (QED) is 0.570. The van der Waals surface area contributed by atoms with Gasteiger partial charge in [-0.25, -0.2) is 19.7 Å². The molecule has 11 heteroatoms. The molecule has 0 aromatic carbocycles. The smallest absolute Gasteiger partial charge is 0.410 e. The molecule has 0 atom stereocenters. The molecule has 3 heterocycles. The first-order valence-electron chi connectivity index (χ1n) is 8.50. The van der Waals surface area contributed by atoms with Gasteiger partial charge in [0.25, 0.3) is 5.91 Å². The highest BCUT2D eigenvalue weighted by molar-refractivity contribution is 7.98. The maximum atomic E-state index is 12.5. The van der Waals surface area contributed by atoms with Gasteiger partial charge in [0, 0.05) is 17.8 Å². The summed E-state index contributed by atoms with van der Waals surface area (Å²) in [6.45, 7) is 6.43. The fourth-order valence-corrected chi connectivity index (χ4v) is 4.03. The Bertz CT molecular complexity index is 913. The van der Waals surface area contributed by atoms with Gasteiger partial charge in [-0.05, 0) is 27.0 Å². The van der Waals surface area contributed by atoms with E-state index in [1.807, 2.05) is 27.0 Å². The molecule has 28 heavy (non-hydrogen) atoms. The number of carbonyl (C=O) groups excluding carboxylic acids is 2. The lowest BCUT2D eigenvalue weighted by Gasteiger charge is -2.29. The van der Waals surface area contributed by atoms with E-state index in [1.165, 1.54) is 29.3 Å². The highest BCUT2D eigenvalue weighted by Gasteiger charge is 2.28. The molecule has 0 unspecified atom stereocenters. The molecule has 0 saturated carbocycles. The Labute approximate surface area is 176 Å². The maximum Gasteiger partial charge on any atom is 0.410 e. The summed E-state index contributed by atoms with van der Waals surface area (Å²) in [5.41, 5.74) is 0.430. The van der Waals surface area contributed by atoms with Gasteiger partial charge in [0.1, 0.15) is 5.60 Å². The zero-order valence-corrected chi connectivity index (χ0v) is 18.3. The van der Waals surface area contributed by atoms with Crippen molar-refractivity contribution in [3.63, 3.8) is 0 Å². The highest BCUT2D eigenvalue weighted by atomic mass is 35.5. The van der Waals surface area contributed by atoms with E-state index in [2.05, 4.69) is 20.3 Å². The van der Waals surface area contributed by atoms with E-state index in [0.717, 1.165) is 10.6 Å². The molecule has 0 fully saturated rings. The van der Waals surface area contributed by atoms with Crippen LogP contribution in [0.15, 0.2) is 11.4 Å². The van der Waals surface area contributed by atoms with Crippen LogP contribution < -0.4 is 5.32 Å². The molecule has 1 aliphatic heterocycles. The first kappa shape index (κ1) is 20.8. The van der Waals surface area contributed by atoms with E-state index in [9.17, 15) is 9.59 Å². The van der Waals surface area contributed by atoms with Crippen molar-refractivity contribution in [3.05, 3.63) is 27.5 Å². The number of aromatic nitrogens is 3.